The van der Waals surface area contributed by atoms with Gasteiger partial charge in [0, 0.05) is 17.8 Å². The zero-order valence-electron chi connectivity index (χ0n) is 12.8. The van der Waals surface area contributed by atoms with Gasteiger partial charge in [-0.15, -0.1) is 0 Å². The molecule has 10 heteroatoms. The number of non-ortho nitro benzene ring substituents is 1. The van der Waals surface area contributed by atoms with Crippen LogP contribution in [0.3, 0.4) is 0 Å². The first-order valence-electron chi connectivity index (χ1n) is 6.65. The van der Waals surface area contributed by atoms with Crippen LogP contribution in [-0.2, 0) is 0 Å². The van der Waals surface area contributed by atoms with Crippen LogP contribution in [0.1, 0.15) is 15.9 Å². The summed E-state index contributed by atoms with van der Waals surface area (Å²) in [5.41, 5.74) is -1.56. The fourth-order valence-electron chi connectivity index (χ4n) is 2.08. The van der Waals surface area contributed by atoms with Gasteiger partial charge in [-0.3, -0.25) is 14.9 Å². The van der Waals surface area contributed by atoms with E-state index in [-0.39, 0.29) is 16.9 Å². The second-order valence-electron chi connectivity index (χ2n) is 4.87. The maximum atomic E-state index is 13.9. The number of benzene rings is 2. The molecule has 2 rings (SSSR count). The molecule has 25 heavy (non-hydrogen) atoms. The number of amides is 1. The van der Waals surface area contributed by atoms with Gasteiger partial charge in [-0.2, -0.15) is 8.78 Å². The molecule has 2 aromatic carbocycles. The Morgan fingerprint density at radius 2 is 1.68 bits per heavy atom. The highest BCUT2D eigenvalue weighted by molar-refractivity contribution is 6.05. The topological polar surface area (TPSA) is 81.5 Å². The number of hydrogen-bond acceptors (Lipinski definition) is 4. The summed E-state index contributed by atoms with van der Waals surface area (Å²) in [6.45, 7) is 1.39. The zero-order chi connectivity index (χ0) is 18.9. The molecule has 0 bridgehead atoms. The van der Waals surface area contributed by atoms with Crippen LogP contribution in [-0.4, -0.2) is 17.9 Å². The normalized spacial score (nSPS) is 10.5. The molecule has 2 aromatic rings. The number of rotatable bonds is 4. The Kier molecular flexibility index (Phi) is 4.91. The molecule has 0 unspecified atom stereocenters. The fourth-order valence-corrected chi connectivity index (χ4v) is 2.08. The number of anilines is 1. The number of methoxy groups -OCH3 is 1. The van der Waals surface area contributed by atoms with E-state index in [0.717, 1.165) is 25.3 Å². The van der Waals surface area contributed by atoms with E-state index in [4.69, 9.17) is 0 Å². The van der Waals surface area contributed by atoms with Crippen LogP contribution >= 0.6 is 0 Å². The van der Waals surface area contributed by atoms with Crippen molar-refractivity contribution < 1.29 is 32.0 Å². The van der Waals surface area contributed by atoms with Crippen LogP contribution in [0.2, 0.25) is 0 Å². The standard InChI is InChI=1S/C15H10F4N2O4/c1-6-5-7(21(23)24)3-4-8(6)20-15(22)9-10(16)12(18)14(25-2)13(19)11(9)17/h3-5H,1-2H3,(H,20,22). The maximum Gasteiger partial charge on any atom is 0.269 e. The van der Waals surface area contributed by atoms with Crippen LogP contribution in [0, 0.1) is 40.3 Å². The van der Waals surface area contributed by atoms with E-state index in [2.05, 4.69) is 10.1 Å². The lowest BCUT2D eigenvalue weighted by molar-refractivity contribution is -0.384. The maximum absolute atomic E-state index is 13.9. The van der Waals surface area contributed by atoms with Crippen molar-refractivity contribution in [2.45, 2.75) is 6.92 Å². The quantitative estimate of drug-likeness (QED) is 0.391. The highest BCUT2D eigenvalue weighted by atomic mass is 19.2. The number of nitro benzene ring substituents is 1. The van der Waals surface area contributed by atoms with Gasteiger partial charge in [-0.1, -0.05) is 0 Å². The van der Waals surface area contributed by atoms with Crippen molar-refractivity contribution in [1.82, 2.24) is 0 Å². The van der Waals surface area contributed by atoms with Gasteiger partial charge >= 0.3 is 0 Å². The molecule has 0 heterocycles. The molecule has 1 N–H and O–H groups in total. The predicted molar refractivity (Wildman–Crippen MR) is 78.6 cm³/mol. The van der Waals surface area contributed by atoms with E-state index in [9.17, 15) is 32.5 Å². The van der Waals surface area contributed by atoms with Crippen LogP contribution in [0.15, 0.2) is 18.2 Å². The first kappa shape index (κ1) is 18.2. The Morgan fingerprint density at radius 3 is 2.12 bits per heavy atom. The number of carbonyl (C=O) groups excluding carboxylic acids is 1. The van der Waals surface area contributed by atoms with Gasteiger partial charge in [-0.05, 0) is 18.6 Å². The third-order valence-corrected chi connectivity index (χ3v) is 3.32. The zero-order valence-corrected chi connectivity index (χ0v) is 12.8. The minimum Gasteiger partial charge on any atom is -0.491 e. The fraction of sp³-hybridized carbons (Fsp3) is 0.133. The van der Waals surface area contributed by atoms with E-state index in [1.54, 1.807) is 0 Å². The van der Waals surface area contributed by atoms with Crippen LogP contribution in [0.4, 0.5) is 28.9 Å². The van der Waals surface area contributed by atoms with Gasteiger partial charge in [0.25, 0.3) is 11.6 Å². The number of hydrogen-bond donors (Lipinski definition) is 1. The Hall–Kier alpha value is -3.17. The molecule has 132 valence electrons. The van der Waals surface area contributed by atoms with Crippen molar-refractivity contribution in [2.24, 2.45) is 0 Å². The number of nitrogens with one attached hydrogen (secondary N) is 1. The smallest absolute Gasteiger partial charge is 0.269 e. The molecule has 0 fully saturated rings. The third-order valence-electron chi connectivity index (χ3n) is 3.32. The number of halogens is 4. The van der Waals surface area contributed by atoms with E-state index < -0.39 is 45.4 Å². The first-order valence-corrected chi connectivity index (χ1v) is 6.65. The van der Waals surface area contributed by atoms with Gasteiger partial charge in [0.2, 0.25) is 11.6 Å². The predicted octanol–water partition coefficient (Wildman–Crippen LogP) is 3.72. The second-order valence-corrected chi connectivity index (χ2v) is 4.87. The number of nitro groups is 1. The van der Waals surface area contributed by atoms with E-state index in [1.165, 1.54) is 6.92 Å². The van der Waals surface area contributed by atoms with Gasteiger partial charge in [0.1, 0.15) is 5.56 Å². The summed E-state index contributed by atoms with van der Waals surface area (Å²) in [7, 11) is 0.806. The molecule has 0 saturated heterocycles. The largest absolute Gasteiger partial charge is 0.491 e. The minimum atomic E-state index is -1.92. The SMILES string of the molecule is COc1c(F)c(F)c(C(=O)Nc2ccc([N+](=O)[O-])cc2C)c(F)c1F. The number of carbonyl (C=O) groups is 1. The highest BCUT2D eigenvalue weighted by Gasteiger charge is 2.30. The monoisotopic (exact) mass is 358 g/mol. The summed E-state index contributed by atoms with van der Waals surface area (Å²) in [6.07, 6.45) is 0. The molecule has 0 aliphatic heterocycles. The van der Waals surface area contributed by atoms with Crippen molar-refractivity contribution in [1.29, 1.82) is 0 Å². The van der Waals surface area contributed by atoms with Gasteiger partial charge in [-0.25, -0.2) is 8.78 Å². The van der Waals surface area contributed by atoms with Gasteiger partial charge < -0.3 is 10.1 Å². The summed E-state index contributed by atoms with van der Waals surface area (Å²) >= 11 is 0. The summed E-state index contributed by atoms with van der Waals surface area (Å²) in [5, 5.41) is 12.7. The van der Waals surface area contributed by atoms with Crippen molar-refractivity contribution in [2.75, 3.05) is 12.4 Å². The van der Waals surface area contributed by atoms with Crippen LogP contribution < -0.4 is 10.1 Å². The van der Waals surface area contributed by atoms with E-state index >= 15 is 0 Å². The van der Waals surface area contributed by atoms with Crippen molar-refractivity contribution in [3.05, 3.63) is 62.7 Å². The molecule has 6 nitrogen and oxygen atoms in total. The van der Waals surface area contributed by atoms with Gasteiger partial charge in [0.05, 0.1) is 12.0 Å². The van der Waals surface area contributed by atoms with E-state index in [1.807, 2.05) is 0 Å². The molecular weight excluding hydrogens is 348 g/mol. The second kappa shape index (κ2) is 6.75. The number of nitrogens with zero attached hydrogens (tertiary/aromatic N) is 1. The number of aryl methyl sites for hydroxylation is 1. The molecule has 0 aliphatic rings. The van der Waals surface area contributed by atoms with Gasteiger partial charge in [0.15, 0.2) is 17.4 Å². The Labute approximate surface area is 138 Å². The van der Waals surface area contributed by atoms with Crippen LogP contribution in [0.5, 0.6) is 5.75 Å². The summed E-state index contributed by atoms with van der Waals surface area (Å²) in [4.78, 5) is 22.0. The first-order chi connectivity index (χ1) is 11.7. The molecule has 0 spiro atoms. The Balaban J connectivity index is 2.45. The Morgan fingerprint density at radius 1 is 1.12 bits per heavy atom. The summed E-state index contributed by atoms with van der Waals surface area (Å²) < 4.78 is 59.3. The van der Waals surface area contributed by atoms with Crippen LogP contribution in [0.25, 0.3) is 0 Å². The molecule has 0 radical (unpaired) electrons. The number of ether oxygens (including phenoxy) is 1. The van der Waals surface area contributed by atoms with Crippen molar-refractivity contribution in [3.63, 3.8) is 0 Å². The van der Waals surface area contributed by atoms with Crippen molar-refractivity contribution in [3.8, 4) is 5.75 Å². The highest BCUT2D eigenvalue weighted by Crippen LogP contribution is 2.30. The molecule has 0 saturated carbocycles. The summed E-state index contributed by atoms with van der Waals surface area (Å²) in [5.74, 6) is -10.3. The minimum absolute atomic E-state index is 0.0222. The molecule has 0 aromatic heterocycles. The van der Waals surface area contributed by atoms with Crippen molar-refractivity contribution >= 4 is 17.3 Å². The Bertz CT molecular complexity index is 857. The lowest BCUT2D eigenvalue weighted by Crippen LogP contribution is -2.19. The molecular formula is C15H10F4N2O4. The molecule has 0 atom stereocenters. The molecule has 1 amide bonds. The lowest BCUT2D eigenvalue weighted by atomic mass is 10.1. The lowest BCUT2D eigenvalue weighted by Gasteiger charge is -2.12. The average Bonchev–Trinajstić information content (AvgIpc) is 2.55. The summed E-state index contributed by atoms with van der Waals surface area (Å²) in [6, 6.07) is 3.28. The van der Waals surface area contributed by atoms with E-state index in [0.29, 0.717) is 0 Å². The average molecular weight is 358 g/mol. The third kappa shape index (κ3) is 3.23. The molecule has 0 aliphatic carbocycles.